The van der Waals surface area contributed by atoms with Gasteiger partial charge in [0.25, 0.3) is 0 Å². The van der Waals surface area contributed by atoms with Crippen LogP contribution >= 0.6 is 15.9 Å². The Hall–Kier alpha value is -2.15. The first kappa shape index (κ1) is 15.2. The Bertz CT molecular complexity index is 707. The highest BCUT2D eigenvalue weighted by molar-refractivity contribution is 9.10. The van der Waals surface area contributed by atoms with Crippen LogP contribution in [0.2, 0.25) is 0 Å². The number of hydrogen-bond acceptors (Lipinski definition) is 5. The van der Waals surface area contributed by atoms with Gasteiger partial charge in [-0.1, -0.05) is 0 Å². The number of nitrogens with two attached hydrogens (primary N) is 1. The Morgan fingerprint density at radius 3 is 2.86 bits per heavy atom. The molecule has 2 rings (SSSR count). The van der Waals surface area contributed by atoms with Crippen molar-refractivity contribution in [1.29, 1.82) is 0 Å². The summed E-state index contributed by atoms with van der Waals surface area (Å²) in [6, 6.07) is 4.43. The average Bonchev–Trinajstić information content (AvgIpc) is 2.46. The van der Waals surface area contributed by atoms with Gasteiger partial charge in [0.05, 0.1) is 22.8 Å². The summed E-state index contributed by atoms with van der Waals surface area (Å²) in [5, 5.41) is 2.99. The number of hydrogen-bond donors (Lipinski definition) is 2. The monoisotopic (exact) mass is 353 g/mol. The van der Waals surface area contributed by atoms with Crippen molar-refractivity contribution in [3.63, 3.8) is 0 Å². The maximum Gasteiger partial charge on any atom is 0.340 e. The zero-order chi connectivity index (χ0) is 15.6. The number of rotatable bonds is 3. The first-order valence-corrected chi connectivity index (χ1v) is 6.78. The van der Waals surface area contributed by atoms with Crippen molar-refractivity contribution in [2.75, 3.05) is 18.2 Å². The molecule has 0 amide bonds. The highest BCUT2D eigenvalue weighted by atomic mass is 79.9. The molecule has 0 saturated heterocycles. The second-order valence-corrected chi connectivity index (χ2v) is 5.17. The van der Waals surface area contributed by atoms with E-state index < -0.39 is 5.97 Å². The molecular formula is C14H13BrFN3O2. The maximum absolute atomic E-state index is 13.4. The lowest BCUT2D eigenvalue weighted by Gasteiger charge is -2.13. The van der Waals surface area contributed by atoms with Crippen LogP contribution in [0.5, 0.6) is 0 Å². The lowest BCUT2D eigenvalue weighted by atomic mass is 10.1. The number of benzene rings is 1. The fourth-order valence-electron chi connectivity index (χ4n) is 1.77. The lowest BCUT2D eigenvalue weighted by molar-refractivity contribution is 0.0602. The van der Waals surface area contributed by atoms with Crippen LogP contribution in [0.1, 0.15) is 15.9 Å². The van der Waals surface area contributed by atoms with Crippen LogP contribution in [0.4, 0.5) is 21.6 Å². The number of nitrogens with one attached hydrogen (secondary N) is 1. The van der Waals surface area contributed by atoms with Gasteiger partial charge < -0.3 is 15.8 Å². The van der Waals surface area contributed by atoms with Gasteiger partial charge in [-0.05, 0) is 46.6 Å². The summed E-state index contributed by atoms with van der Waals surface area (Å²) in [5.74, 6) is -0.600. The summed E-state index contributed by atoms with van der Waals surface area (Å²) in [7, 11) is 1.27. The number of esters is 1. The normalized spacial score (nSPS) is 10.3. The van der Waals surface area contributed by atoms with Crippen LogP contribution in [-0.2, 0) is 4.74 Å². The van der Waals surface area contributed by atoms with E-state index in [0.29, 0.717) is 21.5 Å². The van der Waals surface area contributed by atoms with Gasteiger partial charge in [0.15, 0.2) is 5.82 Å². The minimum atomic E-state index is -0.546. The molecule has 0 bridgehead atoms. The standard InChI is InChI=1S/C14H13BrFN3O2/c1-7-5-10(16)9(15)6-11(7)19-13-12(17)8(3-4-18-13)14(20)21-2/h3-6H,17H2,1-2H3,(H,18,19). The molecule has 21 heavy (non-hydrogen) atoms. The van der Waals surface area contributed by atoms with Crippen LogP contribution in [0.3, 0.4) is 0 Å². The summed E-state index contributed by atoms with van der Waals surface area (Å²) in [5.41, 5.74) is 7.61. The molecule has 0 aliphatic rings. The van der Waals surface area contributed by atoms with Gasteiger partial charge in [-0.3, -0.25) is 0 Å². The number of methoxy groups -OCH3 is 1. The molecule has 3 N–H and O–H groups in total. The molecule has 0 unspecified atom stereocenters. The molecule has 110 valence electrons. The van der Waals surface area contributed by atoms with Gasteiger partial charge in [-0.2, -0.15) is 0 Å². The van der Waals surface area contributed by atoms with Crippen LogP contribution in [0, 0.1) is 12.7 Å². The molecule has 0 spiro atoms. The SMILES string of the molecule is COC(=O)c1ccnc(Nc2cc(Br)c(F)cc2C)c1N. The minimum Gasteiger partial charge on any atom is -0.465 e. The third kappa shape index (κ3) is 3.13. The highest BCUT2D eigenvalue weighted by Gasteiger charge is 2.15. The average molecular weight is 354 g/mol. The van der Waals surface area contributed by atoms with Gasteiger partial charge in [-0.15, -0.1) is 0 Å². The van der Waals surface area contributed by atoms with Crippen molar-refractivity contribution >= 4 is 39.1 Å². The van der Waals surface area contributed by atoms with E-state index in [0.717, 1.165) is 0 Å². The van der Waals surface area contributed by atoms with E-state index in [4.69, 9.17) is 5.73 Å². The van der Waals surface area contributed by atoms with Crippen molar-refractivity contribution in [3.05, 3.63) is 45.8 Å². The van der Waals surface area contributed by atoms with Gasteiger partial charge in [0.2, 0.25) is 0 Å². The molecule has 2 aromatic rings. The maximum atomic E-state index is 13.4. The molecule has 1 heterocycles. The molecule has 7 heteroatoms. The van der Waals surface area contributed by atoms with E-state index in [1.165, 1.54) is 25.4 Å². The largest absolute Gasteiger partial charge is 0.465 e. The van der Waals surface area contributed by atoms with E-state index in [-0.39, 0.29) is 17.1 Å². The fourth-order valence-corrected chi connectivity index (χ4v) is 2.11. The number of anilines is 3. The number of halogens is 2. The predicted molar refractivity (Wildman–Crippen MR) is 82.1 cm³/mol. The number of carbonyl (C=O) groups is 1. The molecule has 0 aliphatic carbocycles. The number of aryl methyl sites for hydroxylation is 1. The van der Waals surface area contributed by atoms with Crippen molar-refractivity contribution < 1.29 is 13.9 Å². The second kappa shape index (κ2) is 6.09. The quantitative estimate of drug-likeness (QED) is 0.826. The number of aromatic nitrogens is 1. The molecule has 0 saturated carbocycles. The molecule has 0 atom stereocenters. The summed E-state index contributed by atoms with van der Waals surface area (Å²) >= 11 is 3.12. The topological polar surface area (TPSA) is 77.2 Å². The van der Waals surface area contributed by atoms with E-state index in [2.05, 4.69) is 31.0 Å². The lowest BCUT2D eigenvalue weighted by Crippen LogP contribution is -2.09. The molecule has 5 nitrogen and oxygen atoms in total. The van der Waals surface area contributed by atoms with Gasteiger partial charge in [0.1, 0.15) is 5.82 Å². The van der Waals surface area contributed by atoms with E-state index >= 15 is 0 Å². The van der Waals surface area contributed by atoms with Crippen LogP contribution in [-0.4, -0.2) is 18.1 Å². The number of nitrogen functional groups attached to an aromatic ring is 1. The number of pyridine rings is 1. The summed E-state index contributed by atoms with van der Waals surface area (Å²) in [6.07, 6.45) is 1.44. The third-order valence-electron chi connectivity index (χ3n) is 2.92. The zero-order valence-corrected chi connectivity index (χ0v) is 13.0. The van der Waals surface area contributed by atoms with Crippen molar-refractivity contribution in [1.82, 2.24) is 4.98 Å². The van der Waals surface area contributed by atoms with Gasteiger partial charge in [0, 0.05) is 11.9 Å². The molecule has 1 aromatic carbocycles. The predicted octanol–water partition coefficient (Wildman–Crippen LogP) is 3.40. The highest BCUT2D eigenvalue weighted by Crippen LogP contribution is 2.29. The van der Waals surface area contributed by atoms with Crippen molar-refractivity contribution in [2.45, 2.75) is 6.92 Å². The number of carbonyl (C=O) groups excluding carboxylic acids is 1. The van der Waals surface area contributed by atoms with E-state index in [1.807, 2.05) is 0 Å². The van der Waals surface area contributed by atoms with Gasteiger partial charge >= 0.3 is 5.97 Å². The molecule has 0 radical (unpaired) electrons. The first-order valence-electron chi connectivity index (χ1n) is 5.99. The Labute approximate surface area is 129 Å². The van der Waals surface area contributed by atoms with E-state index in [9.17, 15) is 9.18 Å². The Kier molecular flexibility index (Phi) is 4.42. The third-order valence-corrected chi connectivity index (χ3v) is 3.52. The number of ether oxygens (including phenoxy) is 1. The van der Waals surface area contributed by atoms with E-state index in [1.54, 1.807) is 13.0 Å². The van der Waals surface area contributed by atoms with Crippen LogP contribution in [0.25, 0.3) is 0 Å². The van der Waals surface area contributed by atoms with Gasteiger partial charge in [-0.25, -0.2) is 14.2 Å². The van der Waals surface area contributed by atoms with Crippen molar-refractivity contribution in [3.8, 4) is 0 Å². The summed E-state index contributed by atoms with van der Waals surface area (Å²) < 4.78 is 18.4. The zero-order valence-electron chi connectivity index (χ0n) is 11.4. The minimum absolute atomic E-state index is 0.171. The smallest absolute Gasteiger partial charge is 0.340 e. The molecule has 1 aromatic heterocycles. The molecular weight excluding hydrogens is 341 g/mol. The second-order valence-electron chi connectivity index (χ2n) is 4.32. The summed E-state index contributed by atoms with van der Waals surface area (Å²) in [6.45, 7) is 1.75. The van der Waals surface area contributed by atoms with Crippen LogP contribution in [0.15, 0.2) is 28.9 Å². The molecule has 0 fully saturated rings. The molecule has 0 aliphatic heterocycles. The fraction of sp³-hybridized carbons (Fsp3) is 0.143. The van der Waals surface area contributed by atoms with Crippen molar-refractivity contribution in [2.24, 2.45) is 0 Å². The Morgan fingerprint density at radius 2 is 2.19 bits per heavy atom. The summed E-state index contributed by atoms with van der Waals surface area (Å²) in [4.78, 5) is 15.7. The van der Waals surface area contributed by atoms with Crippen LogP contribution < -0.4 is 11.1 Å². The number of nitrogens with zero attached hydrogens (tertiary/aromatic N) is 1. The Balaban J connectivity index is 2.41. The Morgan fingerprint density at radius 1 is 1.48 bits per heavy atom. The first-order chi connectivity index (χ1) is 9.93.